The first-order valence-electron chi connectivity index (χ1n) is 6.79. The number of amidine groups is 1. The van der Waals surface area contributed by atoms with Crippen LogP contribution in [0, 0.1) is 5.41 Å². The third kappa shape index (κ3) is 5.34. The van der Waals surface area contributed by atoms with Crippen LogP contribution >= 0.6 is 11.6 Å². The molecule has 0 amide bonds. The summed E-state index contributed by atoms with van der Waals surface area (Å²) < 4.78 is 45.2. The lowest BCUT2D eigenvalue weighted by Crippen LogP contribution is -2.23. The van der Waals surface area contributed by atoms with E-state index < -0.39 is 6.36 Å². The molecular weight excluding hydrogens is 344 g/mol. The van der Waals surface area contributed by atoms with Gasteiger partial charge >= 0.3 is 6.36 Å². The molecule has 0 atom stereocenters. The average Bonchev–Trinajstić information content (AvgIpc) is 2.51. The second-order valence-corrected chi connectivity index (χ2v) is 5.24. The van der Waals surface area contributed by atoms with Crippen molar-refractivity contribution in [3.05, 3.63) is 58.6 Å². The molecule has 0 fully saturated rings. The third-order valence-corrected chi connectivity index (χ3v) is 3.23. The lowest BCUT2D eigenvalue weighted by atomic mass is 10.1. The van der Waals surface area contributed by atoms with Gasteiger partial charge in [-0.1, -0.05) is 11.6 Å². The first-order chi connectivity index (χ1) is 11.3. The number of hydrogen-bond donors (Lipinski definition) is 2. The SMILES string of the molecule is [11CH3]Oc1cc(Cl)cc(CNC(=N)c2ccc(OC(F)(F)F)cc2)c1. The highest BCUT2D eigenvalue weighted by atomic mass is 35.5. The summed E-state index contributed by atoms with van der Waals surface area (Å²) in [4.78, 5) is 0. The van der Waals surface area contributed by atoms with Gasteiger partial charge < -0.3 is 14.8 Å². The van der Waals surface area contributed by atoms with Crippen LogP contribution in [-0.2, 0) is 6.54 Å². The van der Waals surface area contributed by atoms with E-state index in [0.717, 1.165) is 17.7 Å². The van der Waals surface area contributed by atoms with Gasteiger partial charge in [0.15, 0.2) is 0 Å². The zero-order valence-electron chi connectivity index (χ0n) is 12.6. The Labute approximate surface area is 141 Å². The molecule has 0 bridgehead atoms. The number of halogens is 4. The number of hydrogen-bond acceptors (Lipinski definition) is 3. The van der Waals surface area contributed by atoms with Crippen LogP contribution in [0.25, 0.3) is 0 Å². The number of benzene rings is 2. The number of ether oxygens (including phenoxy) is 2. The van der Waals surface area contributed by atoms with Crippen molar-refractivity contribution < 1.29 is 22.6 Å². The zero-order valence-corrected chi connectivity index (χ0v) is 13.3. The molecule has 0 aliphatic carbocycles. The number of nitrogens with one attached hydrogen (secondary N) is 2. The van der Waals surface area contributed by atoms with Gasteiger partial charge in [-0.15, -0.1) is 13.2 Å². The number of rotatable bonds is 5. The van der Waals surface area contributed by atoms with Gasteiger partial charge in [-0.3, -0.25) is 5.41 Å². The molecular formula is C16H14ClF3N2O2. The smallest absolute Gasteiger partial charge is 0.497 e. The van der Waals surface area contributed by atoms with Gasteiger partial charge in [-0.2, -0.15) is 0 Å². The van der Waals surface area contributed by atoms with Crippen LogP contribution in [0.15, 0.2) is 42.5 Å². The number of methoxy groups -OCH3 is 1. The first-order valence-corrected chi connectivity index (χ1v) is 7.17. The molecule has 0 saturated carbocycles. The van der Waals surface area contributed by atoms with E-state index in [4.69, 9.17) is 21.7 Å². The molecule has 128 valence electrons. The van der Waals surface area contributed by atoms with Gasteiger partial charge in [0.25, 0.3) is 0 Å². The van der Waals surface area contributed by atoms with Crippen molar-refractivity contribution in [1.82, 2.24) is 5.32 Å². The second-order valence-electron chi connectivity index (χ2n) is 4.80. The summed E-state index contributed by atoms with van der Waals surface area (Å²) in [7, 11) is 1.52. The van der Waals surface area contributed by atoms with Gasteiger partial charge in [-0.05, 0) is 48.0 Å². The monoisotopic (exact) mass is 357 g/mol. The fraction of sp³-hybridized carbons (Fsp3) is 0.188. The van der Waals surface area contributed by atoms with Crippen LogP contribution in [0.5, 0.6) is 11.5 Å². The van der Waals surface area contributed by atoms with Crippen LogP contribution in [-0.4, -0.2) is 19.3 Å². The van der Waals surface area contributed by atoms with Gasteiger partial charge in [-0.25, -0.2) is 0 Å². The van der Waals surface area contributed by atoms with Gasteiger partial charge in [0, 0.05) is 17.1 Å². The predicted molar refractivity (Wildman–Crippen MR) is 84.8 cm³/mol. The fourth-order valence-corrected chi connectivity index (χ4v) is 2.20. The lowest BCUT2D eigenvalue weighted by molar-refractivity contribution is -0.274. The Kier molecular flexibility index (Phi) is 5.56. The Morgan fingerprint density at radius 2 is 1.79 bits per heavy atom. The van der Waals surface area contributed by atoms with Crippen molar-refractivity contribution in [1.29, 1.82) is 5.41 Å². The molecule has 2 rings (SSSR count). The van der Waals surface area contributed by atoms with Gasteiger partial charge in [0.1, 0.15) is 17.3 Å². The van der Waals surface area contributed by atoms with Crippen molar-refractivity contribution in [2.45, 2.75) is 12.9 Å². The van der Waals surface area contributed by atoms with E-state index in [1.165, 1.54) is 19.2 Å². The molecule has 0 heterocycles. The van der Waals surface area contributed by atoms with Crippen molar-refractivity contribution in [3.63, 3.8) is 0 Å². The minimum absolute atomic E-state index is 0.0625. The molecule has 2 aromatic carbocycles. The number of alkyl halides is 3. The second kappa shape index (κ2) is 7.44. The highest BCUT2D eigenvalue weighted by Crippen LogP contribution is 2.23. The molecule has 8 heteroatoms. The summed E-state index contributed by atoms with van der Waals surface area (Å²) >= 11 is 5.96. The average molecular weight is 358 g/mol. The topological polar surface area (TPSA) is 54.3 Å². The van der Waals surface area contributed by atoms with E-state index in [9.17, 15) is 13.2 Å². The Morgan fingerprint density at radius 3 is 2.38 bits per heavy atom. The van der Waals surface area contributed by atoms with Crippen molar-refractivity contribution >= 4 is 17.4 Å². The maximum atomic E-state index is 12.1. The Bertz CT molecular complexity index is 718. The van der Waals surface area contributed by atoms with E-state index in [1.807, 2.05) is 0 Å². The third-order valence-electron chi connectivity index (χ3n) is 3.01. The summed E-state index contributed by atoms with van der Waals surface area (Å²) in [5.74, 6) is 0.325. The van der Waals surface area contributed by atoms with Crippen LogP contribution < -0.4 is 14.8 Å². The molecule has 0 saturated heterocycles. The molecule has 0 spiro atoms. The van der Waals surface area contributed by atoms with E-state index in [-0.39, 0.29) is 11.6 Å². The summed E-state index contributed by atoms with van der Waals surface area (Å²) in [6, 6.07) is 10.2. The summed E-state index contributed by atoms with van der Waals surface area (Å²) in [6.07, 6.45) is -4.74. The molecule has 0 aliphatic rings. The fourth-order valence-electron chi connectivity index (χ4n) is 1.96. The normalized spacial score (nSPS) is 11.0. The van der Waals surface area contributed by atoms with Crippen LogP contribution in [0.3, 0.4) is 0 Å². The highest BCUT2D eigenvalue weighted by Gasteiger charge is 2.30. The minimum Gasteiger partial charge on any atom is -0.497 e. The standard InChI is InChI=1S/C16H14ClF3N2O2/c1-23-14-7-10(6-12(17)8-14)9-22-15(21)11-2-4-13(5-3-11)24-16(18,19)20/h2-8H,9H2,1H3,(H2,21,22)/i1-1. The van der Waals surface area contributed by atoms with E-state index in [2.05, 4.69) is 10.1 Å². The van der Waals surface area contributed by atoms with Crippen LogP contribution in [0.4, 0.5) is 13.2 Å². The molecule has 0 aliphatic heterocycles. The van der Waals surface area contributed by atoms with E-state index >= 15 is 0 Å². The molecule has 2 aromatic rings. The molecule has 24 heavy (non-hydrogen) atoms. The maximum absolute atomic E-state index is 12.1. The van der Waals surface area contributed by atoms with E-state index in [1.54, 1.807) is 18.2 Å². The molecule has 4 nitrogen and oxygen atoms in total. The minimum atomic E-state index is -4.74. The lowest BCUT2D eigenvalue weighted by Gasteiger charge is -2.11. The first kappa shape index (κ1) is 17.9. The summed E-state index contributed by atoms with van der Waals surface area (Å²) in [5.41, 5.74) is 1.24. The van der Waals surface area contributed by atoms with Crippen molar-refractivity contribution in [2.75, 3.05) is 7.11 Å². The largest absolute Gasteiger partial charge is 0.573 e. The zero-order chi connectivity index (χ0) is 17.7. The van der Waals surface area contributed by atoms with Crippen molar-refractivity contribution in [2.24, 2.45) is 0 Å². The summed E-state index contributed by atoms with van der Waals surface area (Å²) in [5, 5.41) is 11.3. The summed E-state index contributed by atoms with van der Waals surface area (Å²) in [6.45, 7) is 0.316. The van der Waals surface area contributed by atoms with Crippen LogP contribution in [0.1, 0.15) is 11.1 Å². The predicted octanol–water partition coefficient (Wildman–Crippen LogP) is 4.36. The van der Waals surface area contributed by atoms with Crippen molar-refractivity contribution in [3.8, 4) is 11.5 Å². The Balaban J connectivity index is 1.99. The van der Waals surface area contributed by atoms with Crippen LogP contribution in [0.2, 0.25) is 5.02 Å². The molecule has 2 N–H and O–H groups in total. The van der Waals surface area contributed by atoms with E-state index in [0.29, 0.717) is 22.9 Å². The maximum Gasteiger partial charge on any atom is 0.573 e. The Hall–Kier alpha value is -2.41. The van der Waals surface area contributed by atoms with Gasteiger partial charge in [0.2, 0.25) is 0 Å². The quantitative estimate of drug-likeness (QED) is 0.617. The molecule has 0 unspecified atom stereocenters. The molecule has 0 radical (unpaired) electrons. The molecule has 0 aromatic heterocycles. The Morgan fingerprint density at radius 1 is 1.12 bits per heavy atom. The highest BCUT2D eigenvalue weighted by molar-refractivity contribution is 6.30. The van der Waals surface area contributed by atoms with Gasteiger partial charge in [0.05, 0.1) is 7.11 Å².